The summed E-state index contributed by atoms with van der Waals surface area (Å²) in [6.07, 6.45) is 0.00576. The van der Waals surface area contributed by atoms with Crippen LogP contribution in [0.25, 0.3) is 0 Å². The lowest BCUT2D eigenvalue weighted by molar-refractivity contribution is -0.384. The van der Waals surface area contributed by atoms with Gasteiger partial charge in [0.1, 0.15) is 6.04 Å². The van der Waals surface area contributed by atoms with E-state index >= 15 is 0 Å². The Morgan fingerprint density at radius 1 is 1.18 bits per heavy atom. The Labute approximate surface area is 164 Å². The molecule has 148 valence electrons. The summed E-state index contributed by atoms with van der Waals surface area (Å²) >= 11 is 0. The number of ether oxygens (including phenoxy) is 1. The van der Waals surface area contributed by atoms with E-state index in [9.17, 15) is 23.9 Å². The Morgan fingerprint density at radius 3 is 2.54 bits per heavy atom. The largest absolute Gasteiger partial charge is 0.467 e. The van der Waals surface area contributed by atoms with E-state index in [-0.39, 0.29) is 24.3 Å². The van der Waals surface area contributed by atoms with Crippen molar-refractivity contribution in [2.75, 3.05) is 12.9 Å². The van der Waals surface area contributed by atoms with Crippen molar-refractivity contribution < 1.29 is 23.5 Å². The van der Waals surface area contributed by atoms with Crippen molar-refractivity contribution in [1.29, 1.82) is 0 Å². The minimum absolute atomic E-state index is 0.118. The first-order chi connectivity index (χ1) is 13.4. The highest BCUT2D eigenvalue weighted by atomic mass is 32.2. The number of esters is 1. The second-order valence-electron chi connectivity index (χ2n) is 5.90. The average molecular weight is 404 g/mol. The van der Waals surface area contributed by atoms with Gasteiger partial charge in [-0.15, -0.1) is 0 Å². The summed E-state index contributed by atoms with van der Waals surface area (Å²) in [6, 6.07) is 13.6. The molecule has 28 heavy (non-hydrogen) atoms. The lowest BCUT2D eigenvalue weighted by atomic mass is 10.1. The number of nitro groups is 1. The number of rotatable bonds is 9. The lowest BCUT2D eigenvalue weighted by Gasteiger charge is -2.16. The Morgan fingerprint density at radius 2 is 1.89 bits per heavy atom. The van der Waals surface area contributed by atoms with Crippen LogP contribution in [0.15, 0.2) is 59.5 Å². The van der Waals surface area contributed by atoms with Crippen LogP contribution < -0.4 is 5.32 Å². The number of methoxy groups -OCH3 is 1. The summed E-state index contributed by atoms with van der Waals surface area (Å²) in [6.45, 7) is 0. The van der Waals surface area contributed by atoms with Gasteiger partial charge in [-0.05, 0) is 24.1 Å². The second-order valence-corrected chi connectivity index (χ2v) is 7.47. The molecule has 0 saturated heterocycles. The zero-order chi connectivity index (χ0) is 20.5. The van der Waals surface area contributed by atoms with Crippen molar-refractivity contribution in [2.24, 2.45) is 0 Å². The van der Waals surface area contributed by atoms with Crippen LogP contribution >= 0.6 is 0 Å². The average Bonchev–Trinajstić information content (AvgIpc) is 2.71. The van der Waals surface area contributed by atoms with Crippen molar-refractivity contribution in [1.82, 2.24) is 5.32 Å². The highest BCUT2D eigenvalue weighted by Crippen LogP contribution is 2.14. The molecule has 2 aromatic carbocycles. The maximum absolute atomic E-state index is 12.3. The van der Waals surface area contributed by atoms with Gasteiger partial charge in [-0.1, -0.05) is 30.3 Å². The van der Waals surface area contributed by atoms with E-state index in [2.05, 4.69) is 5.32 Å². The number of carbonyl (C=O) groups excluding carboxylic acids is 2. The van der Waals surface area contributed by atoms with E-state index < -0.39 is 33.6 Å². The number of benzene rings is 2. The van der Waals surface area contributed by atoms with Gasteiger partial charge in [0.05, 0.1) is 29.3 Å². The third-order valence-electron chi connectivity index (χ3n) is 3.91. The monoisotopic (exact) mass is 404 g/mol. The lowest BCUT2D eigenvalue weighted by Crippen LogP contribution is -2.43. The van der Waals surface area contributed by atoms with Gasteiger partial charge >= 0.3 is 5.97 Å². The number of hydrogen-bond acceptors (Lipinski definition) is 6. The molecule has 0 radical (unpaired) electrons. The van der Waals surface area contributed by atoms with E-state index in [0.717, 1.165) is 0 Å². The van der Waals surface area contributed by atoms with E-state index in [1.165, 1.54) is 25.3 Å². The molecule has 1 amide bonds. The molecule has 0 aliphatic carbocycles. The predicted molar refractivity (Wildman–Crippen MR) is 103 cm³/mol. The van der Waals surface area contributed by atoms with Gasteiger partial charge in [0.25, 0.3) is 5.69 Å². The smallest absolute Gasteiger partial charge is 0.328 e. The standard InChI is InChI=1S/C19H20N2O6S/c1-27-19(23)17(10-11-28(26)16-8-3-2-4-9-16)20-18(22)13-14-6-5-7-15(12-14)21(24)25/h2-9,12,17H,10-11,13H2,1H3,(H,20,22)/t17-,28-/m1/s1. The molecule has 0 aliphatic heterocycles. The van der Waals surface area contributed by atoms with E-state index in [1.54, 1.807) is 30.3 Å². The van der Waals surface area contributed by atoms with Crippen LogP contribution in [0, 0.1) is 10.1 Å². The van der Waals surface area contributed by atoms with Crippen LogP contribution in [-0.4, -0.2) is 39.9 Å². The molecule has 0 fully saturated rings. The Bertz CT molecular complexity index is 872. The molecule has 2 atom stereocenters. The maximum Gasteiger partial charge on any atom is 0.328 e. The van der Waals surface area contributed by atoms with Crippen molar-refractivity contribution in [3.8, 4) is 0 Å². The number of nitrogens with zero attached hydrogens (tertiary/aromatic N) is 1. The summed E-state index contributed by atoms with van der Waals surface area (Å²) in [5.41, 5.74) is 0.330. The van der Waals surface area contributed by atoms with Crippen LogP contribution in [-0.2, 0) is 31.5 Å². The number of carbonyl (C=O) groups is 2. The molecule has 0 spiro atoms. The van der Waals surface area contributed by atoms with Gasteiger partial charge in [0.15, 0.2) is 0 Å². The molecular formula is C19H20N2O6S. The molecule has 0 saturated carbocycles. The third kappa shape index (κ3) is 6.27. The minimum Gasteiger partial charge on any atom is -0.467 e. The van der Waals surface area contributed by atoms with Gasteiger partial charge in [0.2, 0.25) is 5.91 Å². The van der Waals surface area contributed by atoms with Crippen LogP contribution in [0.5, 0.6) is 0 Å². The summed E-state index contributed by atoms with van der Waals surface area (Å²) in [5.74, 6) is -0.959. The zero-order valence-corrected chi connectivity index (χ0v) is 16.0. The molecule has 2 aromatic rings. The first-order valence-electron chi connectivity index (χ1n) is 8.44. The molecule has 8 nitrogen and oxygen atoms in total. The molecule has 0 aliphatic rings. The van der Waals surface area contributed by atoms with Crippen molar-refractivity contribution >= 4 is 28.4 Å². The maximum atomic E-state index is 12.3. The number of nitrogens with one attached hydrogen (secondary N) is 1. The zero-order valence-electron chi connectivity index (χ0n) is 15.2. The highest BCUT2D eigenvalue weighted by Gasteiger charge is 2.23. The third-order valence-corrected chi connectivity index (χ3v) is 5.31. The van der Waals surface area contributed by atoms with Gasteiger partial charge in [-0.25, -0.2) is 4.79 Å². The van der Waals surface area contributed by atoms with Crippen LogP contribution in [0.1, 0.15) is 12.0 Å². The second kappa shape index (κ2) is 10.3. The summed E-state index contributed by atoms with van der Waals surface area (Å²) in [7, 11) is -0.113. The molecule has 0 bridgehead atoms. The summed E-state index contributed by atoms with van der Waals surface area (Å²) in [4.78, 5) is 35.2. The molecule has 9 heteroatoms. The summed E-state index contributed by atoms with van der Waals surface area (Å²) in [5, 5.41) is 13.4. The number of non-ortho nitro benzene ring substituents is 1. The normalized spacial score (nSPS) is 12.6. The minimum atomic E-state index is -1.32. The highest BCUT2D eigenvalue weighted by molar-refractivity contribution is 7.85. The topological polar surface area (TPSA) is 116 Å². The van der Waals surface area contributed by atoms with E-state index in [0.29, 0.717) is 10.5 Å². The molecule has 1 N–H and O–H groups in total. The molecule has 0 heterocycles. The number of nitro benzene ring substituents is 1. The first kappa shape index (κ1) is 21.2. The van der Waals surface area contributed by atoms with Gasteiger partial charge < -0.3 is 10.1 Å². The fourth-order valence-corrected chi connectivity index (χ4v) is 3.66. The van der Waals surface area contributed by atoms with Crippen molar-refractivity contribution in [3.63, 3.8) is 0 Å². The van der Waals surface area contributed by atoms with E-state index in [4.69, 9.17) is 4.74 Å². The van der Waals surface area contributed by atoms with Crippen molar-refractivity contribution in [3.05, 3.63) is 70.3 Å². The van der Waals surface area contributed by atoms with Crippen molar-refractivity contribution in [2.45, 2.75) is 23.8 Å². The molecule has 0 aromatic heterocycles. The van der Waals surface area contributed by atoms with Gasteiger partial charge in [-0.3, -0.25) is 19.1 Å². The molecule has 0 unspecified atom stereocenters. The Kier molecular flexibility index (Phi) is 7.82. The first-order valence-corrected chi connectivity index (χ1v) is 9.76. The Balaban J connectivity index is 1.98. The fraction of sp³-hybridized carbons (Fsp3) is 0.263. The quantitative estimate of drug-likeness (QED) is 0.388. The number of hydrogen-bond donors (Lipinski definition) is 1. The Hall–Kier alpha value is -3.07. The molecule has 2 rings (SSSR count). The SMILES string of the molecule is COC(=O)[C@@H](CC[S@@](=O)c1ccccc1)NC(=O)Cc1cccc([N+](=O)[O-])c1. The van der Waals surface area contributed by atoms with E-state index in [1.807, 2.05) is 6.07 Å². The van der Waals surface area contributed by atoms with Gasteiger partial charge in [-0.2, -0.15) is 0 Å². The molecular weight excluding hydrogens is 384 g/mol. The number of amides is 1. The fourth-order valence-electron chi connectivity index (χ4n) is 2.52. The van der Waals surface area contributed by atoms with Crippen LogP contribution in [0.4, 0.5) is 5.69 Å². The van der Waals surface area contributed by atoms with Gasteiger partial charge in [0, 0.05) is 22.8 Å². The van der Waals surface area contributed by atoms with Crippen LogP contribution in [0.2, 0.25) is 0 Å². The predicted octanol–water partition coefficient (Wildman–Crippen LogP) is 1.99. The van der Waals surface area contributed by atoms with Crippen LogP contribution in [0.3, 0.4) is 0 Å². The summed E-state index contributed by atoms with van der Waals surface area (Å²) < 4.78 is 17.0.